The molecule has 2 heterocycles. The Labute approximate surface area is 112 Å². The zero-order valence-electron chi connectivity index (χ0n) is 10.8. The van der Waals surface area contributed by atoms with Crippen LogP contribution >= 0.6 is 0 Å². The Morgan fingerprint density at radius 3 is 3.05 bits per heavy atom. The maximum atomic E-state index is 11.7. The molecule has 1 amide bonds. The van der Waals surface area contributed by atoms with Gasteiger partial charge in [0.15, 0.2) is 0 Å². The first-order valence-corrected chi connectivity index (χ1v) is 8.04. The Morgan fingerprint density at radius 2 is 2.42 bits per heavy atom. The number of nitrogens with zero attached hydrogens (tertiary/aromatic N) is 2. The number of nitrogens with one attached hydrogen (secondary N) is 2. The van der Waals surface area contributed by atoms with Crippen LogP contribution in [0.1, 0.15) is 23.2 Å². The maximum absolute atomic E-state index is 11.7. The van der Waals surface area contributed by atoms with Crippen LogP contribution in [0.15, 0.2) is 12.4 Å². The number of aromatic amines is 1. The molecular formula is C11H18N4O3S. The first-order chi connectivity index (χ1) is 8.97. The molecule has 0 saturated carbocycles. The lowest BCUT2D eigenvalue weighted by molar-refractivity contribution is 0.0941. The minimum atomic E-state index is -3.13. The molecule has 1 aromatic rings. The van der Waals surface area contributed by atoms with Crippen molar-refractivity contribution in [3.8, 4) is 0 Å². The summed E-state index contributed by atoms with van der Waals surface area (Å²) in [4.78, 5) is 11.7. The second kappa shape index (κ2) is 5.70. The van der Waals surface area contributed by atoms with Crippen LogP contribution < -0.4 is 5.32 Å². The summed E-state index contributed by atoms with van der Waals surface area (Å²) in [5, 5.41) is 9.09. The van der Waals surface area contributed by atoms with Gasteiger partial charge in [-0.2, -0.15) is 5.10 Å². The van der Waals surface area contributed by atoms with E-state index in [1.165, 1.54) is 23.0 Å². The average molecular weight is 286 g/mol. The van der Waals surface area contributed by atoms with E-state index in [1.807, 2.05) is 0 Å². The third kappa shape index (κ3) is 3.77. The van der Waals surface area contributed by atoms with Crippen molar-refractivity contribution in [2.24, 2.45) is 5.92 Å². The minimum Gasteiger partial charge on any atom is -0.352 e. The summed E-state index contributed by atoms with van der Waals surface area (Å²) >= 11 is 0. The Balaban J connectivity index is 1.85. The van der Waals surface area contributed by atoms with Gasteiger partial charge >= 0.3 is 0 Å². The van der Waals surface area contributed by atoms with Crippen molar-refractivity contribution in [2.75, 3.05) is 25.9 Å². The summed E-state index contributed by atoms with van der Waals surface area (Å²) < 4.78 is 24.4. The van der Waals surface area contributed by atoms with Gasteiger partial charge in [-0.15, -0.1) is 0 Å². The number of carbonyl (C=O) groups excluding carboxylic acids is 1. The van der Waals surface area contributed by atoms with Gasteiger partial charge in [0, 0.05) is 25.8 Å². The fraction of sp³-hybridized carbons (Fsp3) is 0.636. The summed E-state index contributed by atoms with van der Waals surface area (Å²) in [6.07, 6.45) is 5.97. The van der Waals surface area contributed by atoms with Gasteiger partial charge in [0.25, 0.3) is 5.91 Å². The van der Waals surface area contributed by atoms with Crippen LogP contribution in [0, 0.1) is 5.92 Å². The van der Waals surface area contributed by atoms with Gasteiger partial charge in [0.05, 0.1) is 18.0 Å². The van der Waals surface area contributed by atoms with Gasteiger partial charge < -0.3 is 5.32 Å². The fourth-order valence-electron chi connectivity index (χ4n) is 2.21. The van der Waals surface area contributed by atoms with Crippen LogP contribution in [0.3, 0.4) is 0 Å². The summed E-state index contributed by atoms with van der Waals surface area (Å²) in [5.41, 5.74) is 0.482. The van der Waals surface area contributed by atoms with E-state index in [1.54, 1.807) is 0 Å². The molecule has 1 atom stereocenters. The second-order valence-corrected chi connectivity index (χ2v) is 6.81. The van der Waals surface area contributed by atoms with Gasteiger partial charge in [0.2, 0.25) is 10.0 Å². The predicted octanol–water partition coefficient (Wildman–Crippen LogP) is -0.189. The molecule has 0 radical (unpaired) electrons. The first kappa shape index (κ1) is 14.0. The molecule has 1 saturated heterocycles. The molecule has 0 aliphatic carbocycles. The van der Waals surface area contributed by atoms with Gasteiger partial charge in [-0.25, -0.2) is 12.7 Å². The van der Waals surface area contributed by atoms with E-state index in [0.29, 0.717) is 25.2 Å². The fourth-order valence-corrected chi connectivity index (χ4v) is 3.15. The quantitative estimate of drug-likeness (QED) is 0.802. The Kier molecular flexibility index (Phi) is 4.20. The molecule has 1 aromatic heterocycles. The van der Waals surface area contributed by atoms with E-state index in [-0.39, 0.29) is 11.8 Å². The molecule has 1 aliphatic rings. The van der Waals surface area contributed by atoms with E-state index in [0.717, 1.165) is 12.8 Å². The van der Waals surface area contributed by atoms with Gasteiger partial charge in [0.1, 0.15) is 0 Å². The van der Waals surface area contributed by atoms with Crippen molar-refractivity contribution in [2.45, 2.75) is 12.8 Å². The van der Waals surface area contributed by atoms with E-state index in [4.69, 9.17) is 0 Å². The average Bonchev–Trinajstić information content (AvgIpc) is 2.89. The van der Waals surface area contributed by atoms with Crippen LogP contribution in [0.5, 0.6) is 0 Å². The molecule has 2 N–H and O–H groups in total. The Hall–Kier alpha value is -1.41. The first-order valence-electron chi connectivity index (χ1n) is 6.19. The number of aromatic nitrogens is 2. The lowest BCUT2D eigenvalue weighted by atomic mass is 10.00. The zero-order chi connectivity index (χ0) is 13.9. The molecule has 7 nitrogen and oxygen atoms in total. The maximum Gasteiger partial charge on any atom is 0.254 e. The van der Waals surface area contributed by atoms with Crippen LogP contribution in [0.4, 0.5) is 0 Å². The summed E-state index contributed by atoms with van der Waals surface area (Å²) in [7, 11) is -3.13. The lowest BCUT2D eigenvalue weighted by Gasteiger charge is -2.30. The minimum absolute atomic E-state index is 0.166. The highest BCUT2D eigenvalue weighted by atomic mass is 32.2. The van der Waals surface area contributed by atoms with E-state index in [2.05, 4.69) is 15.5 Å². The van der Waals surface area contributed by atoms with Crippen molar-refractivity contribution >= 4 is 15.9 Å². The summed E-state index contributed by atoms with van der Waals surface area (Å²) in [6.45, 7) is 1.53. The normalized spacial score (nSPS) is 21.2. The highest BCUT2D eigenvalue weighted by molar-refractivity contribution is 7.88. The van der Waals surface area contributed by atoms with Crippen molar-refractivity contribution in [3.63, 3.8) is 0 Å². The van der Waals surface area contributed by atoms with Crippen LogP contribution in [0.2, 0.25) is 0 Å². The predicted molar refractivity (Wildman–Crippen MR) is 70.1 cm³/mol. The number of piperidine rings is 1. The van der Waals surface area contributed by atoms with Gasteiger partial charge in [-0.1, -0.05) is 0 Å². The third-order valence-corrected chi connectivity index (χ3v) is 4.53. The molecular weight excluding hydrogens is 268 g/mol. The molecule has 1 unspecified atom stereocenters. The van der Waals surface area contributed by atoms with Crippen molar-refractivity contribution in [1.29, 1.82) is 0 Å². The number of amides is 1. The molecule has 0 aromatic carbocycles. The smallest absolute Gasteiger partial charge is 0.254 e. The van der Waals surface area contributed by atoms with E-state index in [9.17, 15) is 13.2 Å². The zero-order valence-corrected chi connectivity index (χ0v) is 11.6. The van der Waals surface area contributed by atoms with E-state index < -0.39 is 10.0 Å². The van der Waals surface area contributed by atoms with Crippen molar-refractivity contribution < 1.29 is 13.2 Å². The van der Waals surface area contributed by atoms with Crippen LogP contribution in [-0.4, -0.2) is 54.7 Å². The molecule has 0 bridgehead atoms. The van der Waals surface area contributed by atoms with E-state index >= 15 is 0 Å². The number of carbonyl (C=O) groups is 1. The number of rotatable bonds is 4. The largest absolute Gasteiger partial charge is 0.352 e. The molecule has 1 aliphatic heterocycles. The number of sulfonamides is 1. The van der Waals surface area contributed by atoms with Crippen molar-refractivity contribution in [3.05, 3.63) is 18.0 Å². The Bertz CT molecular complexity index is 526. The number of H-pyrrole nitrogens is 1. The van der Waals surface area contributed by atoms with Gasteiger partial charge in [-0.3, -0.25) is 9.89 Å². The van der Waals surface area contributed by atoms with Crippen molar-refractivity contribution in [1.82, 2.24) is 19.8 Å². The highest BCUT2D eigenvalue weighted by Gasteiger charge is 2.26. The molecule has 1 fully saturated rings. The topological polar surface area (TPSA) is 95.2 Å². The monoisotopic (exact) mass is 286 g/mol. The second-order valence-electron chi connectivity index (χ2n) is 4.83. The lowest BCUT2D eigenvalue weighted by Crippen LogP contribution is -2.43. The van der Waals surface area contributed by atoms with Crippen LogP contribution in [0.25, 0.3) is 0 Å². The Morgan fingerprint density at radius 1 is 1.63 bits per heavy atom. The highest BCUT2D eigenvalue weighted by Crippen LogP contribution is 2.18. The molecule has 19 heavy (non-hydrogen) atoms. The summed E-state index contributed by atoms with van der Waals surface area (Å²) in [6, 6.07) is 0. The number of hydrogen-bond acceptors (Lipinski definition) is 4. The standard InChI is InChI=1S/C11H18N4O3S/c1-19(17,18)15-4-2-3-9(8-15)5-12-11(16)10-6-13-14-7-10/h6-7,9H,2-5,8H2,1H3,(H,12,16)(H,13,14). The molecule has 106 valence electrons. The molecule has 2 rings (SSSR count). The summed E-state index contributed by atoms with van der Waals surface area (Å²) in [5.74, 6) is -0.0236. The third-order valence-electron chi connectivity index (χ3n) is 3.26. The van der Waals surface area contributed by atoms with Crippen LogP contribution in [-0.2, 0) is 10.0 Å². The van der Waals surface area contributed by atoms with Gasteiger partial charge in [-0.05, 0) is 18.8 Å². The number of hydrogen-bond donors (Lipinski definition) is 2. The SMILES string of the molecule is CS(=O)(=O)N1CCCC(CNC(=O)c2cn[nH]c2)C1. The molecule has 0 spiro atoms. The molecule has 8 heteroatoms.